The van der Waals surface area contributed by atoms with Crippen molar-refractivity contribution in [1.82, 2.24) is 5.32 Å². The number of hydrogen-bond donors (Lipinski definition) is 1. The Hall–Kier alpha value is -1.46. The first kappa shape index (κ1) is 14.2. The van der Waals surface area contributed by atoms with E-state index in [1.54, 1.807) is 12.1 Å². The molecule has 118 valence electrons. The largest absolute Gasteiger partial charge is 0.378 e. The first-order valence-corrected chi connectivity index (χ1v) is 8.37. The van der Waals surface area contributed by atoms with Crippen molar-refractivity contribution >= 4 is 5.69 Å². The molecule has 0 radical (unpaired) electrons. The zero-order chi connectivity index (χ0) is 15.1. The molecule has 1 N–H and O–H groups in total. The smallest absolute Gasteiger partial charge is 0.269 e. The van der Waals surface area contributed by atoms with Crippen molar-refractivity contribution in [3.05, 3.63) is 39.4 Å². The van der Waals surface area contributed by atoms with Crippen LogP contribution in [0.1, 0.15) is 49.3 Å². The lowest BCUT2D eigenvalue weighted by Crippen LogP contribution is -2.57. The third kappa shape index (κ3) is 2.42. The van der Waals surface area contributed by atoms with Crippen LogP contribution in [0.15, 0.2) is 18.2 Å². The summed E-state index contributed by atoms with van der Waals surface area (Å²) in [6.45, 7) is 0.909. The Bertz CT molecular complexity index is 589. The Labute approximate surface area is 130 Å². The molecule has 1 heterocycles. The lowest BCUT2D eigenvalue weighted by atomic mass is 9.71. The van der Waals surface area contributed by atoms with Crippen molar-refractivity contribution in [2.75, 3.05) is 6.61 Å². The highest BCUT2D eigenvalue weighted by atomic mass is 16.6. The van der Waals surface area contributed by atoms with Gasteiger partial charge < -0.3 is 10.1 Å². The fourth-order valence-electron chi connectivity index (χ4n) is 4.32. The molecule has 2 aliphatic carbocycles. The number of nitro benzene ring substituents is 1. The number of benzene rings is 1. The summed E-state index contributed by atoms with van der Waals surface area (Å²) in [6, 6.07) is 6.13. The molecule has 0 amide bonds. The number of nitrogens with zero attached hydrogens (tertiary/aromatic N) is 1. The van der Waals surface area contributed by atoms with E-state index >= 15 is 0 Å². The number of non-ortho nitro benzene ring substituents is 1. The van der Waals surface area contributed by atoms with E-state index in [0.29, 0.717) is 18.1 Å². The number of rotatable bonds is 3. The van der Waals surface area contributed by atoms with Crippen LogP contribution in [0, 0.1) is 16.0 Å². The maximum absolute atomic E-state index is 11.0. The summed E-state index contributed by atoms with van der Waals surface area (Å²) >= 11 is 0. The van der Waals surface area contributed by atoms with E-state index in [2.05, 4.69) is 5.32 Å². The summed E-state index contributed by atoms with van der Waals surface area (Å²) in [5.41, 5.74) is 2.62. The van der Waals surface area contributed by atoms with E-state index in [4.69, 9.17) is 4.74 Å². The molecule has 1 aromatic carbocycles. The Morgan fingerprint density at radius 3 is 3.00 bits per heavy atom. The van der Waals surface area contributed by atoms with Crippen LogP contribution in [-0.2, 0) is 11.2 Å². The maximum Gasteiger partial charge on any atom is 0.269 e. The van der Waals surface area contributed by atoms with Crippen LogP contribution < -0.4 is 5.32 Å². The van der Waals surface area contributed by atoms with Crippen molar-refractivity contribution in [1.29, 1.82) is 0 Å². The second kappa shape index (κ2) is 5.63. The van der Waals surface area contributed by atoms with Crippen LogP contribution in [0.3, 0.4) is 0 Å². The molecule has 4 rings (SSSR count). The highest BCUT2D eigenvalue weighted by molar-refractivity contribution is 5.42. The van der Waals surface area contributed by atoms with Gasteiger partial charge in [0.15, 0.2) is 0 Å². The number of nitrogens with one attached hydrogen (secondary N) is 1. The van der Waals surface area contributed by atoms with E-state index in [9.17, 15) is 10.1 Å². The summed E-state index contributed by atoms with van der Waals surface area (Å²) in [6.07, 6.45) is 7.20. The van der Waals surface area contributed by atoms with Crippen molar-refractivity contribution < 1.29 is 9.66 Å². The normalized spacial score (nSPS) is 33.5. The highest BCUT2D eigenvalue weighted by Gasteiger charge is 2.44. The van der Waals surface area contributed by atoms with Gasteiger partial charge in [-0.05, 0) is 49.7 Å². The van der Waals surface area contributed by atoms with Gasteiger partial charge in [0, 0.05) is 36.7 Å². The second-order valence-electron chi connectivity index (χ2n) is 6.81. The Kier molecular flexibility index (Phi) is 3.62. The molecule has 0 aromatic heterocycles. The monoisotopic (exact) mass is 302 g/mol. The van der Waals surface area contributed by atoms with Gasteiger partial charge >= 0.3 is 0 Å². The molecule has 4 atom stereocenters. The van der Waals surface area contributed by atoms with E-state index in [-0.39, 0.29) is 16.7 Å². The van der Waals surface area contributed by atoms with E-state index in [1.165, 1.54) is 12.0 Å². The molecule has 1 saturated heterocycles. The summed E-state index contributed by atoms with van der Waals surface area (Å²) in [4.78, 5) is 10.7. The Morgan fingerprint density at radius 1 is 1.27 bits per heavy atom. The third-order valence-electron chi connectivity index (χ3n) is 5.56. The zero-order valence-electron chi connectivity index (χ0n) is 12.7. The molecule has 22 heavy (non-hydrogen) atoms. The average molecular weight is 302 g/mol. The van der Waals surface area contributed by atoms with Crippen LogP contribution in [0.25, 0.3) is 0 Å². The van der Waals surface area contributed by atoms with Gasteiger partial charge in [-0.25, -0.2) is 0 Å². The SMILES string of the molecule is O=[N+]([O-])c1ccc2c(c1)[C@H](N[C@@H]1C[C@H]3OCCC[C@H]13)CCC2. The van der Waals surface area contributed by atoms with Crippen LogP contribution in [0.2, 0.25) is 0 Å². The molecule has 0 spiro atoms. The Balaban J connectivity index is 1.52. The van der Waals surface area contributed by atoms with Crippen molar-refractivity contribution in [2.24, 2.45) is 5.92 Å². The molecule has 2 fully saturated rings. The summed E-state index contributed by atoms with van der Waals surface area (Å²) < 4.78 is 5.79. The van der Waals surface area contributed by atoms with E-state index in [1.807, 2.05) is 6.07 Å². The second-order valence-corrected chi connectivity index (χ2v) is 6.81. The van der Waals surface area contributed by atoms with Crippen LogP contribution in [0.5, 0.6) is 0 Å². The number of ether oxygens (including phenoxy) is 1. The quantitative estimate of drug-likeness (QED) is 0.688. The molecule has 0 unspecified atom stereocenters. The zero-order valence-corrected chi connectivity index (χ0v) is 12.7. The predicted molar refractivity (Wildman–Crippen MR) is 82.8 cm³/mol. The summed E-state index contributed by atoms with van der Waals surface area (Å²) in [5, 5.41) is 14.8. The molecular formula is C17H22N2O3. The summed E-state index contributed by atoms with van der Waals surface area (Å²) in [7, 11) is 0. The van der Waals surface area contributed by atoms with Gasteiger partial charge in [-0.15, -0.1) is 0 Å². The number of fused-ring (bicyclic) bond motifs is 2. The van der Waals surface area contributed by atoms with Crippen LogP contribution in [0.4, 0.5) is 5.69 Å². The van der Waals surface area contributed by atoms with Gasteiger partial charge in [0.05, 0.1) is 11.0 Å². The lowest BCUT2D eigenvalue weighted by Gasteiger charge is -2.49. The number of nitro groups is 1. The maximum atomic E-state index is 11.0. The van der Waals surface area contributed by atoms with Crippen molar-refractivity contribution in [3.8, 4) is 0 Å². The Morgan fingerprint density at radius 2 is 2.18 bits per heavy atom. The lowest BCUT2D eigenvalue weighted by molar-refractivity contribution is -0.385. The van der Waals surface area contributed by atoms with Gasteiger partial charge in [-0.2, -0.15) is 0 Å². The topological polar surface area (TPSA) is 64.4 Å². The fraction of sp³-hybridized carbons (Fsp3) is 0.647. The van der Waals surface area contributed by atoms with Crippen molar-refractivity contribution in [2.45, 2.75) is 56.7 Å². The highest BCUT2D eigenvalue weighted by Crippen LogP contribution is 2.41. The van der Waals surface area contributed by atoms with Crippen LogP contribution >= 0.6 is 0 Å². The molecule has 5 heteroatoms. The molecule has 0 bridgehead atoms. The average Bonchev–Trinajstić information content (AvgIpc) is 2.52. The predicted octanol–water partition coefficient (Wildman–Crippen LogP) is 3.13. The molecule has 1 aliphatic heterocycles. The minimum Gasteiger partial charge on any atom is -0.378 e. The number of hydrogen-bond acceptors (Lipinski definition) is 4. The van der Waals surface area contributed by atoms with Gasteiger partial charge in [0.2, 0.25) is 0 Å². The molecule has 1 saturated carbocycles. The van der Waals surface area contributed by atoms with Crippen LogP contribution in [-0.4, -0.2) is 23.7 Å². The van der Waals surface area contributed by atoms with Crippen molar-refractivity contribution in [3.63, 3.8) is 0 Å². The fourth-order valence-corrected chi connectivity index (χ4v) is 4.32. The molecule has 3 aliphatic rings. The number of aryl methyl sites for hydroxylation is 1. The van der Waals surface area contributed by atoms with Gasteiger partial charge in [0.25, 0.3) is 5.69 Å². The minimum atomic E-state index is -0.291. The van der Waals surface area contributed by atoms with Gasteiger partial charge in [0.1, 0.15) is 0 Å². The standard InChI is InChI=1S/C17H22N2O3/c20-19(21)12-7-6-11-3-1-5-15(14(11)9-12)18-16-10-17-13(16)4-2-8-22-17/h6-7,9,13,15-18H,1-5,8,10H2/t13-,15-,16-,17-/m1/s1. The minimum absolute atomic E-state index is 0.208. The van der Waals surface area contributed by atoms with Gasteiger partial charge in [-0.1, -0.05) is 6.07 Å². The first-order chi connectivity index (χ1) is 10.7. The van der Waals surface area contributed by atoms with E-state index in [0.717, 1.165) is 44.3 Å². The van der Waals surface area contributed by atoms with Gasteiger partial charge in [-0.3, -0.25) is 10.1 Å². The molecule has 1 aromatic rings. The first-order valence-electron chi connectivity index (χ1n) is 8.37. The molecule has 5 nitrogen and oxygen atoms in total. The van der Waals surface area contributed by atoms with E-state index < -0.39 is 0 Å². The third-order valence-corrected chi connectivity index (χ3v) is 5.56. The summed E-state index contributed by atoms with van der Waals surface area (Å²) in [5.74, 6) is 0.637. The molecular weight excluding hydrogens is 280 g/mol.